The Hall–Kier alpha value is -3.55. The Balaban J connectivity index is 1.46. The molecule has 170 valence electrons. The third kappa shape index (κ3) is 3.90. The molecule has 3 heterocycles. The highest BCUT2D eigenvalue weighted by Crippen LogP contribution is 2.38. The molecule has 7 nitrogen and oxygen atoms in total. The summed E-state index contributed by atoms with van der Waals surface area (Å²) in [6.07, 6.45) is 7.71. The van der Waals surface area contributed by atoms with Crippen LogP contribution < -0.4 is 5.32 Å². The number of carbonyl (C=O) groups is 1. The molecule has 0 radical (unpaired) electrons. The number of aromatic amines is 1. The van der Waals surface area contributed by atoms with E-state index in [1.165, 1.54) is 19.4 Å². The number of nitrogens with one attached hydrogen (secondary N) is 2. The minimum Gasteiger partial charge on any atom is -0.322 e. The van der Waals surface area contributed by atoms with Crippen LogP contribution >= 0.6 is 0 Å². The lowest BCUT2D eigenvalue weighted by Gasteiger charge is -2.34. The number of rotatable bonds is 5. The molecule has 1 aliphatic rings. The van der Waals surface area contributed by atoms with Crippen molar-refractivity contribution >= 4 is 22.5 Å². The largest absolute Gasteiger partial charge is 0.322 e. The first kappa shape index (κ1) is 21.3. The Bertz CT molecular complexity index is 1330. The summed E-state index contributed by atoms with van der Waals surface area (Å²) in [5.41, 5.74) is 2.82. The minimum absolute atomic E-state index is 0.0670. The monoisotopic (exact) mass is 446 g/mol. The number of anilines is 1. The Labute approximate surface area is 191 Å². The van der Waals surface area contributed by atoms with Crippen LogP contribution in [-0.4, -0.2) is 36.5 Å². The number of fused-ring (bicyclic) bond motifs is 2. The average molecular weight is 447 g/mol. The van der Waals surface area contributed by atoms with Gasteiger partial charge in [-0.2, -0.15) is 10.2 Å². The molecule has 1 aliphatic carbocycles. The quantitative estimate of drug-likeness (QED) is 0.461. The minimum atomic E-state index is -1.40. The summed E-state index contributed by atoms with van der Waals surface area (Å²) in [5.74, 6) is -0.0670. The topological polar surface area (TPSA) is 88.5 Å². The summed E-state index contributed by atoms with van der Waals surface area (Å²) in [5, 5.41) is 15.3. The number of aryl methyl sites for hydroxylation is 1. The van der Waals surface area contributed by atoms with Crippen molar-refractivity contribution in [3.63, 3.8) is 0 Å². The predicted octanol–water partition coefficient (Wildman–Crippen LogP) is 4.80. The first-order chi connectivity index (χ1) is 15.7. The molecular formula is C25H27FN6O. The fourth-order valence-corrected chi connectivity index (χ4v) is 4.71. The highest BCUT2D eigenvalue weighted by molar-refractivity contribution is 6.01. The van der Waals surface area contributed by atoms with Crippen molar-refractivity contribution in [2.75, 3.05) is 5.32 Å². The zero-order valence-corrected chi connectivity index (χ0v) is 19.0. The van der Waals surface area contributed by atoms with Gasteiger partial charge in [0.1, 0.15) is 11.4 Å². The van der Waals surface area contributed by atoms with Gasteiger partial charge in [0.15, 0.2) is 0 Å². The number of H-pyrrole nitrogens is 1. The fourth-order valence-electron chi connectivity index (χ4n) is 4.71. The molecule has 5 rings (SSSR count). The molecule has 3 aromatic heterocycles. The lowest BCUT2D eigenvalue weighted by molar-refractivity contribution is -0.121. The summed E-state index contributed by atoms with van der Waals surface area (Å²) in [6.45, 7) is 5.18. The maximum atomic E-state index is 14.2. The second kappa shape index (κ2) is 7.79. The van der Waals surface area contributed by atoms with Crippen LogP contribution in [0.2, 0.25) is 0 Å². The predicted molar refractivity (Wildman–Crippen MR) is 126 cm³/mol. The molecule has 0 saturated heterocycles. The Morgan fingerprint density at radius 1 is 1.27 bits per heavy atom. The van der Waals surface area contributed by atoms with Crippen LogP contribution in [0.4, 0.5) is 10.1 Å². The van der Waals surface area contributed by atoms with Crippen LogP contribution in [-0.2, 0) is 23.2 Å². The summed E-state index contributed by atoms with van der Waals surface area (Å²) < 4.78 is 15.9. The molecule has 0 aliphatic heterocycles. The zero-order valence-electron chi connectivity index (χ0n) is 19.0. The molecule has 1 unspecified atom stereocenters. The van der Waals surface area contributed by atoms with Crippen molar-refractivity contribution in [2.45, 2.75) is 57.7 Å². The number of hydrogen-bond acceptors (Lipinski definition) is 4. The molecule has 4 aromatic rings. The molecule has 1 aromatic carbocycles. The van der Waals surface area contributed by atoms with Gasteiger partial charge < -0.3 is 5.32 Å². The van der Waals surface area contributed by atoms with Crippen molar-refractivity contribution in [3.8, 4) is 11.4 Å². The lowest BCUT2D eigenvalue weighted by atomic mass is 9.70. The first-order valence-electron chi connectivity index (χ1n) is 11.2. The number of aromatic nitrogens is 5. The third-order valence-electron chi connectivity index (χ3n) is 6.43. The van der Waals surface area contributed by atoms with E-state index in [9.17, 15) is 9.18 Å². The van der Waals surface area contributed by atoms with Crippen molar-refractivity contribution in [1.29, 1.82) is 0 Å². The van der Waals surface area contributed by atoms with E-state index < -0.39 is 11.1 Å². The number of halogens is 1. The van der Waals surface area contributed by atoms with Gasteiger partial charge in [-0.25, -0.2) is 4.39 Å². The number of hydrogen-bond donors (Lipinski definition) is 2. The molecule has 2 N–H and O–H groups in total. The molecule has 0 fully saturated rings. The van der Waals surface area contributed by atoms with Crippen molar-refractivity contribution in [3.05, 3.63) is 60.0 Å². The first-order valence-corrected chi connectivity index (χ1v) is 11.2. The van der Waals surface area contributed by atoms with E-state index in [0.717, 1.165) is 35.7 Å². The second-order valence-corrected chi connectivity index (χ2v) is 9.60. The van der Waals surface area contributed by atoms with Gasteiger partial charge in [0.05, 0.1) is 41.3 Å². The summed E-state index contributed by atoms with van der Waals surface area (Å²) >= 11 is 0. The highest BCUT2D eigenvalue weighted by Gasteiger charge is 2.39. The van der Waals surface area contributed by atoms with E-state index in [0.29, 0.717) is 17.1 Å². The molecule has 0 saturated carbocycles. The van der Waals surface area contributed by atoms with Gasteiger partial charge in [-0.1, -0.05) is 24.3 Å². The number of benzene rings is 1. The van der Waals surface area contributed by atoms with Gasteiger partial charge in [0.25, 0.3) is 0 Å². The molecule has 1 atom stereocenters. The molecule has 33 heavy (non-hydrogen) atoms. The standard InChI is InChI=1S/C25H27FN6O/c1-24(2,26)15-32-21-11-19(27-12-17(21)13-29-32)22-20(14-28-31-22)30-23(33)25(3)10-6-8-16-7-4-5-9-18(16)25/h4-5,7,9,11-14H,6,8,10,15H2,1-3H3,(H,28,31)(H,30,33). The maximum absolute atomic E-state index is 14.2. The lowest BCUT2D eigenvalue weighted by Crippen LogP contribution is -2.40. The number of nitrogens with zero attached hydrogens (tertiary/aromatic N) is 4. The molecule has 1 amide bonds. The van der Waals surface area contributed by atoms with Crippen LogP contribution in [0.1, 0.15) is 44.7 Å². The maximum Gasteiger partial charge on any atom is 0.234 e. The van der Waals surface area contributed by atoms with Crippen LogP contribution in [0, 0.1) is 0 Å². The van der Waals surface area contributed by atoms with Gasteiger partial charge in [0, 0.05) is 11.6 Å². The number of amides is 1. The zero-order chi connectivity index (χ0) is 23.2. The van der Waals surface area contributed by atoms with Crippen LogP contribution in [0.5, 0.6) is 0 Å². The smallest absolute Gasteiger partial charge is 0.234 e. The number of carbonyl (C=O) groups excluding carboxylic acids is 1. The van der Waals surface area contributed by atoms with Crippen LogP contribution in [0.3, 0.4) is 0 Å². The summed E-state index contributed by atoms with van der Waals surface area (Å²) in [4.78, 5) is 18.0. The molecular weight excluding hydrogens is 419 g/mol. The highest BCUT2D eigenvalue weighted by atomic mass is 19.1. The number of alkyl halides is 1. The van der Waals surface area contributed by atoms with Crippen LogP contribution in [0.25, 0.3) is 22.3 Å². The van der Waals surface area contributed by atoms with Crippen LogP contribution in [0.15, 0.2) is 48.9 Å². The molecule has 8 heteroatoms. The Morgan fingerprint density at radius 2 is 2.09 bits per heavy atom. The van der Waals surface area contributed by atoms with Crippen molar-refractivity contribution in [2.24, 2.45) is 0 Å². The van der Waals surface area contributed by atoms with E-state index in [1.54, 1.807) is 23.3 Å². The van der Waals surface area contributed by atoms with Crippen molar-refractivity contribution < 1.29 is 9.18 Å². The number of pyridine rings is 1. The SMILES string of the molecule is CC(C)(F)Cn1ncc2cnc(-c3[nH]ncc3NC(=O)C3(C)CCCc4ccccc43)cc21. The van der Waals surface area contributed by atoms with Gasteiger partial charge in [-0.15, -0.1) is 0 Å². The van der Waals surface area contributed by atoms with Crippen molar-refractivity contribution in [1.82, 2.24) is 25.0 Å². The summed E-state index contributed by atoms with van der Waals surface area (Å²) in [6, 6.07) is 10.00. The van der Waals surface area contributed by atoms with E-state index in [2.05, 4.69) is 31.7 Å². The van der Waals surface area contributed by atoms with Gasteiger partial charge >= 0.3 is 0 Å². The molecule has 0 bridgehead atoms. The third-order valence-corrected chi connectivity index (χ3v) is 6.43. The van der Waals surface area contributed by atoms with Gasteiger partial charge in [-0.3, -0.25) is 19.6 Å². The van der Waals surface area contributed by atoms with E-state index in [1.807, 2.05) is 31.2 Å². The normalized spacial score (nSPS) is 18.3. The van der Waals surface area contributed by atoms with E-state index in [4.69, 9.17) is 0 Å². The Morgan fingerprint density at radius 3 is 2.91 bits per heavy atom. The summed E-state index contributed by atoms with van der Waals surface area (Å²) in [7, 11) is 0. The Kier molecular flexibility index (Phi) is 5.03. The molecule has 0 spiro atoms. The second-order valence-electron chi connectivity index (χ2n) is 9.60. The van der Waals surface area contributed by atoms with Gasteiger partial charge in [0.2, 0.25) is 5.91 Å². The van der Waals surface area contributed by atoms with E-state index in [-0.39, 0.29) is 12.5 Å². The fraction of sp³-hybridized carbons (Fsp3) is 0.360. The van der Waals surface area contributed by atoms with Gasteiger partial charge in [-0.05, 0) is 57.2 Å². The van der Waals surface area contributed by atoms with E-state index >= 15 is 0 Å². The average Bonchev–Trinajstić information content (AvgIpc) is 3.40.